The smallest absolute Gasteiger partial charge is 0.161 e. The topological polar surface area (TPSA) is 43.6 Å². The normalized spacial score (nSPS) is 15.4. The second-order valence-electron chi connectivity index (χ2n) is 4.05. The van der Waals surface area contributed by atoms with Gasteiger partial charge in [0.1, 0.15) is 11.0 Å². The van der Waals surface area contributed by atoms with Crippen LogP contribution in [0.1, 0.15) is 30.1 Å². The molecule has 0 unspecified atom stereocenters. The molecule has 0 N–H and O–H groups in total. The number of aromatic nitrogens is 4. The molecule has 0 bridgehead atoms. The van der Waals surface area contributed by atoms with Gasteiger partial charge in [0.15, 0.2) is 5.82 Å². The van der Waals surface area contributed by atoms with E-state index in [2.05, 4.69) is 15.1 Å². The van der Waals surface area contributed by atoms with Crippen molar-refractivity contribution in [3.63, 3.8) is 0 Å². The van der Waals surface area contributed by atoms with Crippen molar-refractivity contribution >= 4 is 11.6 Å². The van der Waals surface area contributed by atoms with Gasteiger partial charge in [-0.15, -0.1) is 0 Å². The quantitative estimate of drug-likeness (QED) is 0.750. The number of rotatable bonds is 2. The third kappa shape index (κ3) is 1.59. The predicted octanol–water partition coefficient (Wildman–Crippen LogP) is 2.50. The minimum atomic E-state index is 0.493. The molecule has 0 saturated heterocycles. The first-order chi connectivity index (χ1) is 7.75. The minimum Gasteiger partial charge on any atom is -0.222 e. The Bertz CT molecular complexity index is 517. The van der Waals surface area contributed by atoms with Crippen molar-refractivity contribution in [2.24, 2.45) is 0 Å². The third-order valence-electron chi connectivity index (χ3n) is 2.74. The highest BCUT2D eigenvalue weighted by molar-refractivity contribution is 6.30. The summed E-state index contributed by atoms with van der Waals surface area (Å²) < 4.78 is 1.73. The van der Waals surface area contributed by atoms with Gasteiger partial charge in [-0.05, 0) is 25.8 Å². The maximum atomic E-state index is 6.12. The zero-order valence-corrected chi connectivity index (χ0v) is 9.65. The highest BCUT2D eigenvalue weighted by Crippen LogP contribution is 2.39. The molecule has 1 fully saturated rings. The summed E-state index contributed by atoms with van der Waals surface area (Å²) in [6.45, 7) is 1.91. The van der Waals surface area contributed by atoms with Crippen LogP contribution in [0.15, 0.2) is 18.5 Å². The van der Waals surface area contributed by atoms with E-state index in [0.717, 1.165) is 30.0 Å². The lowest BCUT2D eigenvalue weighted by molar-refractivity contribution is 0.799. The Morgan fingerprint density at radius 2 is 2.19 bits per heavy atom. The molecule has 0 spiro atoms. The number of halogens is 1. The van der Waals surface area contributed by atoms with Gasteiger partial charge >= 0.3 is 0 Å². The lowest BCUT2D eigenvalue weighted by Crippen LogP contribution is -2.06. The highest BCUT2D eigenvalue weighted by Gasteiger charge is 2.28. The number of nitrogens with zero attached hydrogens (tertiary/aromatic N) is 4. The molecule has 2 aromatic heterocycles. The van der Waals surface area contributed by atoms with Gasteiger partial charge in [0.25, 0.3) is 0 Å². The summed E-state index contributed by atoms with van der Waals surface area (Å²) >= 11 is 6.12. The van der Waals surface area contributed by atoms with Gasteiger partial charge in [0.2, 0.25) is 0 Å². The molecule has 1 aliphatic carbocycles. The summed E-state index contributed by atoms with van der Waals surface area (Å²) in [7, 11) is 0. The third-order valence-corrected chi connectivity index (χ3v) is 3.11. The van der Waals surface area contributed by atoms with Crippen LogP contribution in [-0.2, 0) is 0 Å². The minimum absolute atomic E-state index is 0.493. The fourth-order valence-electron chi connectivity index (χ4n) is 1.64. The van der Waals surface area contributed by atoms with Crippen LogP contribution in [0.4, 0.5) is 0 Å². The van der Waals surface area contributed by atoms with Gasteiger partial charge in [0.05, 0.1) is 0 Å². The van der Waals surface area contributed by atoms with Crippen LogP contribution in [0.3, 0.4) is 0 Å². The summed E-state index contributed by atoms with van der Waals surface area (Å²) in [6.07, 6.45) is 5.92. The fourth-order valence-corrected chi connectivity index (χ4v) is 1.81. The van der Waals surface area contributed by atoms with Crippen molar-refractivity contribution in [1.82, 2.24) is 19.7 Å². The van der Waals surface area contributed by atoms with Gasteiger partial charge in [-0.2, -0.15) is 5.10 Å². The van der Waals surface area contributed by atoms with Crippen LogP contribution < -0.4 is 0 Å². The van der Waals surface area contributed by atoms with Crippen molar-refractivity contribution < 1.29 is 0 Å². The highest BCUT2D eigenvalue weighted by atomic mass is 35.5. The molecule has 0 aliphatic heterocycles. The maximum Gasteiger partial charge on any atom is 0.161 e. The molecular formula is C11H11ClN4. The van der Waals surface area contributed by atoms with Gasteiger partial charge in [-0.25, -0.2) is 14.6 Å². The molecule has 1 saturated carbocycles. The van der Waals surface area contributed by atoms with Crippen LogP contribution in [0, 0.1) is 6.92 Å². The fraction of sp³-hybridized carbons (Fsp3) is 0.364. The van der Waals surface area contributed by atoms with Crippen molar-refractivity contribution in [1.29, 1.82) is 0 Å². The van der Waals surface area contributed by atoms with E-state index in [1.807, 2.05) is 19.2 Å². The summed E-state index contributed by atoms with van der Waals surface area (Å²) in [5.41, 5.74) is 0.870. The van der Waals surface area contributed by atoms with Crippen molar-refractivity contribution in [2.45, 2.75) is 25.7 Å². The summed E-state index contributed by atoms with van der Waals surface area (Å²) in [6, 6.07) is 1.87. The number of hydrogen-bond acceptors (Lipinski definition) is 3. The molecule has 0 radical (unpaired) electrons. The molecule has 16 heavy (non-hydrogen) atoms. The van der Waals surface area contributed by atoms with Gasteiger partial charge in [-0.3, -0.25) is 0 Å². The van der Waals surface area contributed by atoms with Crippen molar-refractivity contribution in [3.05, 3.63) is 35.0 Å². The molecule has 4 nitrogen and oxygen atoms in total. The lowest BCUT2D eigenvalue weighted by Gasteiger charge is -2.08. The Labute approximate surface area is 98.3 Å². The molecule has 82 valence electrons. The van der Waals surface area contributed by atoms with E-state index in [0.29, 0.717) is 11.1 Å². The van der Waals surface area contributed by atoms with E-state index in [-0.39, 0.29) is 0 Å². The Balaban J connectivity index is 2.15. The van der Waals surface area contributed by atoms with E-state index in [1.165, 1.54) is 0 Å². The Morgan fingerprint density at radius 1 is 1.38 bits per heavy atom. The average Bonchev–Trinajstić information content (AvgIpc) is 2.98. The largest absolute Gasteiger partial charge is 0.222 e. The SMILES string of the molecule is Cc1c(Cl)nc(C2CC2)nc1-n1cccn1. The number of hydrogen-bond donors (Lipinski definition) is 0. The summed E-state index contributed by atoms with van der Waals surface area (Å²) in [5, 5.41) is 4.71. The van der Waals surface area contributed by atoms with Gasteiger partial charge in [0, 0.05) is 23.9 Å². The molecule has 5 heteroatoms. The molecule has 1 aliphatic rings. The van der Waals surface area contributed by atoms with Crippen LogP contribution in [0.25, 0.3) is 5.82 Å². The molecule has 3 rings (SSSR count). The van der Waals surface area contributed by atoms with Crippen LogP contribution in [0.5, 0.6) is 0 Å². The molecule has 0 aromatic carbocycles. The molecular weight excluding hydrogens is 224 g/mol. The van der Waals surface area contributed by atoms with Crippen LogP contribution in [0.2, 0.25) is 5.15 Å². The predicted molar refractivity (Wildman–Crippen MR) is 60.9 cm³/mol. The van der Waals surface area contributed by atoms with Crippen molar-refractivity contribution in [2.75, 3.05) is 0 Å². The van der Waals surface area contributed by atoms with E-state index < -0.39 is 0 Å². The Hall–Kier alpha value is -1.42. The Morgan fingerprint density at radius 3 is 2.81 bits per heavy atom. The van der Waals surface area contributed by atoms with Gasteiger partial charge in [-0.1, -0.05) is 11.6 Å². The van der Waals surface area contributed by atoms with E-state index >= 15 is 0 Å². The maximum absolute atomic E-state index is 6.12. The first-order valence-electron chi connectivity index (χ1n) is 5.30. The standard InChI is InChI=1S/C11H11ClN4/c1-7-9(12)14-10(8-3-4-8)15-11(7)16-6-2-5-13-16/h2,5-6,8H,3-4H2,1H3. The zero-order chi connectivity index (χ0) is 11.1. The molecule has 2 heterocycles. The second kappa shape index (κ2) is 3.56. The average molecular weight is 235 g/mol. The van der Waals surface area contributed by atoms with Crippen LogP contribution in [-0.4, -0.2) is 19.7 Å². The Kier molecular flexibility index (Phi) is 2.17. The van der Waals surface area contributed by atoms with E-state index in [9.17, 15) is 0 Å². The van der Waals surface area contributed by atoms with Gasteiger partial charge < -0.3 is 0 Å². The lowest BCUT2D eigenvalue weighted by atomic mass is 10.3. The van der Waals surface area contributed by atoms with Crippen molar-refractivity contribution in [3.8, 4) is 5.82 Å². The monoisotopic (exact) mass is 234 g/mol. The van der Waals surface area contributed by atoms with E-state index in [4.69, 9.17) is 11.6 Å². The molecule has 2 aromatic rings. The molecule has 0 atom stereocenters. The van der Waals surface area contributed by atoms with Crippen LogP contribution >= 0.6 is 11.6 Å². The first kappa shape index (κ1) is 9.78. The summed E-state index contributed by atoms with van der Waals surface area (Å²) in [5.74, 6) is 2.13. The zero-order valence-electron chi connectivity index (χ0n) is 8.89. The first-order valence-corrected chi connectivity index (χ1v) is 5.67. The summed E-state index contributed by atoms with van der Waals surface area (Å²) in [4.78, 5) is 8.86. The van der Waals surface area contributed by atoms with E-state index in [1.54, 1.807) is 10.9 Å². The molecule has 0 amide bonds. The second-order valence-corrected chi connectivity index (χ2v) is 4.40.